The largest absolute Gasteiger partial charge is 0.468 e. The van der Waals surface area contributed by atoms with Gasteiger partial charge in [0.05, 0.1) is 19.6 Å². The highest BCUT2D eigenvalue weighted by Gasteiger charge is 2.36. The number of benzene rings is 1. The van der Waals surface area contributed by atoms with Crippen LogP contribution in [0.3, 0.4) is 0 Å². The van der Waals surface area contributed by atoms with Crippen molar-refractivity contribution >= 4 is 23.9 Å². The van der Waals surface area contributed by atoms with E-state index in [4.69, 9.17) is 24.7 Å². The summed E-state index contributed by atoms with van der Waals surface area (Å²) in [6.07, 6.45) is 3.22. The van der Waals surface area contributed by atoms with Crippen LogP contribution in [0.25, 0.3) is 0 Å². The van der Waals surface area contributed by atoms with Gasteiger partial charge in [-0.15, -0.1) is 0 Å². The number of carbonyl (C=O) groups is 4. The third-order valence-electron chi connectivity index (χ3n) is 5.39. The van der Waals surface area contributed by atoms with Gasteiger partial charge in [0.1, 0.15) is 5.54 Å². The van der Waals surface area contributed by atoms with Gasteiger partial charge in [0.25, 0.3) is 0 Å². The van der Waals surface area contributed by atoms with Crippen LogP contribution in [0.4, 0.5) is 0 Å². The van der Waals surface area contributed by atoms with Gasteiger partial charge in [0.15, 0.2) is 11.5 Å². The first kappa shape index (κ1) is 30.1. The first-order valence-electron chi connectivity index (χ1n) is 12.2. The van der Waals surface area contributed by atoms with E-state index in [9.17, 15) is 19.2 Å². The zero-order valence-electron chi connectivity index (χ0n) is 21.5. The molecule has 0 aliphatic heterocycles. The molecule has 1 rings (SSSR count). The lowest BCUT2D eigenvalue weighted by Gasteiger charge is -2.27. The van der Waals surface area contributed by atoms with Gasteiger partial charge in [-0.1, -0.05) is 40.2 Å². The maximum absolute atomic E-state index is 12.5. The van der Waals surface area contributed by atoms with Crippen LogP contribution in [0.15, 0.2) is 18.2 Å². The van der Waals surface area contributed by atoms with Crippen molar-refractivity contribution in [2.24, 2.45) is 11.7 Å². The highest BCUT2D eigenvalue weighted by molar-refractivity contribution is 5.81. The van der Waals surface area contributed by atoms with E-state index in [1.807, 2.05) is 20.8 Å². The Labute approximate surface area is 207 Å². The van der Waals surface area contributed by atoms with E-state index < -0.39 is 23.4 Å². The fraction of sp³-hybridized carbons (Fsp3) is 0.615. The van der Waals surface area contributed by atoms with E-state index in [0.717, 1.165) is 6.42 Å². The summed E-state index contributed by atoms with van der Waals surface area (Å²) in [5.74, 6) is -2.00. The molecular weight excluding hydrogens is 454 g/mol. The normalized spacial score (nSPS) is 13.3. The van der Waals surface area contributed by atoms with Gasteiger partial charge in [-0.25, -0.2) is 0 Å². The number of hydrogen-bond donors (Lipinski definition) is 1. The second-order valence-electron chi connectivity index (χ2n) is 8.66. The standard InChI is InChI=1S/C26H39NO8/c1-6-9-18(4)24(30)33-15-14-26(27,25(31)32-5)17-19-12-13-20(34-22(28)10-7-2)21(16-19)35-23(29)11-8-3/h12-13,16,18H,6-11,14-15,17,27H2,1-5H3/t18?,26-/m1/s1. The molecule has 1 aromatic rings. The van der Waals surface area contributed by atoms with Crippen LogP contribution in [-0.2, 0) is 35.1 Å². The first-order valence-corrected chi connectivity index (χ1v) is 12.2. The third kappa shape index (κ3) is 10.1. The van der Waals surface area contributed by atoms with E-state index >= 15 is 0 Å². The Morgan fingerprint density at radius 1 is 0.943 bits per heavy atom. The van der Waals surface area contributed by atoms with E-state index in [-0.39, 0.29) is 55.7 Å². The number of ether oxygens (including phenoxy) is 4. The van der Waals surface area contributed by atoms with Gasteiger partial charge in [-0.3, -0.25) is 19.2 Å². The molecule has 0 bridgehead atoms. The van der Waals surface area contributed by atoms with Crippen LogP contribution in [0.2, 0.25) is 0 Å². The number of rotatable bonds is 15. The Morgan fingerprint density at radius 2 is 1.54 bits per heavy atom. The highest BCUT2D eigenvalue weighted by Crippen LogP contribution is 2.31. The molecule has 0 aliphatic rings. The molecule has 2 atom stereocenters. The van der Waals surface area contributed by atoms with Crippen LogP contribution in [0.5, 0.6) is 11.5 Å². The number of nitrogens with two attached hydrogens (primary N) is 1. The minimum Gasteiger partial charge on any atom is -0.468 e. The molecule has 9 nitrogen and oxygen atoms in total. The molecule has 9 heteroatoms. The monoisotopic (exact) mass is 493 g/mol. The summed E-state index contributed by atoms with van der Waals surface area (Å²) in [6, 6.07) is 4.65. The molecule has 0 fully saturated rings. The van der Waals surface area contributed by atoms with Gasteiger partial charge in [0.2, 0.25) is 0 Å². The topological polar surface area (TPSA) is 131 Å². The average Bonchev–Trinajstić information content (AvgIpc) is 2.80. The fourth-order valence-electron chi connectivity index (χ4n) is 3.44. The van der Waals surface area contributed by atoms with Crippen molar-refractivity contribution in [3.63, 3.8) is 0 Å². The Balaban J connectivity index is 3.10. The van der Waals surface area contributed by atoms with Crippen LogP contribution >= 0.6 is 0 Å². The molecule has 0 spiro atoms. The van der Waals surface area contributed by atoms with Crippen LogP contribution < -0.4 is 15.2 Å². The highest BCUT2D eigenvalue weighted by atomic mass is 16.6. The zero-order chi connectivity index (χ0) is 26.4. The van der Waals surface area contributed by atoms with Crippen molar-refractivity contribution < 1.29 is 38.1 Å². The van der Waals surface area contributed by atoms with Gasteiger partial charge in [0, 0.05) is 25.7 Å². The smallest absolute Gasteiger partial charge is 0.326 e. The van der Waals surface area contributed by atoms with Crippen molar-refractivity contribution in [3.8, 4) is 11.5 Å². The maximum atomic E-state index is 12.5. The second kappa shape index (κ2) is 15.1. The first-order chi connectivity index (χ1) is 16.6. The van der Waals surface area contributed by atoms with Crippen molar-refractivity contribution in [1.29, 1.82) is 0 Å². The molecule has 0 saturated heterocycles. The summed E-state index contributed by atoms with van der Waals surface area (Å²) in [7, 11) is 1.23. The summed E-state index contributed by atoms with van der Waals surface area (Å²) in [6.45, 7) is 7.41. The van der Waals surface area contributed by atoms with Crippen molar-refractivity contribution in [2.45, 2.75) is 84.6 Å². The van der Waals surface area contributed by atoms with Crippen LogP contribution in [0.1, 0.15) is 78.2 Å². The van der Waals surface area contributed by atoms with Crippen molar-refractivity contribution in [3.05, 3.63) is 23.8 Å². The molecule has 0 aliphatic carbocycles. The van der Waals surface area contributed by atoms with Crippen molar-refractivity contribution in [1.82, 2.24) is 0 Å². The molecular formula is C26H39NO8. The average molecular weight is 494 g/mol. The number of hydrogen-bond acceptors (Lipinski definition) is 9. The molecule has 0 aromatic heterocycles. The lowest BCUT2D eigenvalue weighted by atomic mass is 9.88. The van der Waals surface area contributed by atoms with Crippen LogP contribution in [0, 0.1) is 5.92 Å². The maximum Gasteiger partial charge on any atom is 0.326 e. The summed E-state index contributed by atoms with van der Waals surface area (Å²) >= 11 is 0. The summed E-state index contributed by atoms with van der Waals surface area (Å²) in [4.78, 5) is 48.8. The summed E-state index contributed by atoms with van der Waals surface area (Å²) in [5, 5.41) is 0. The predicted molar refractivity (Wildman–Crippen MR) is 130 cm³/mol. The minimum atomic E-state index is -1.49. The van der Waals surface area contributed by atoms with Gasteiger partial charge in [-0.05, 0) is 37.0 Å². The predicted octanol–water partition coefficient (Wildman–Crippen LogP) is 3.88. The third-order valence-corrected chi connectivity index (χ3v) is 5.39. The molecule has 0 amide bonds. The van der Waals surface area contributed by atoms with Crippen molar-refractivity contribution in [2.75, 3.05) is 13.7 Å². The quantitative estimate of drug-likeness (QED) is 0.285. The molecule has 0 saturated carbocycles. The Kier molecular flexibility index (Phi) is 13.0. The molecule has 1 unspecified atom stereocenters. The summed E-state index contributed by atoms with van der Waals surface area (Å²) < 4.78 is 21.0. The van der Waals surface area contributed by atoms with E-state index in [1.54, 1.807) is 13.0 Å². The Morgan fingerprint density at radius 3 is 2.09 bits per heavy atom. The Bertz CT molecular complexity index is 869. The van der Waals surface area contributed by atoms with Gasteiger partial charge < -0.3 is 24.7 Å². The minimum absolute atomic E-state index is 0.0171. The number of carbonyl (C=O) groups excluding carboxylic acids is 4. The number of esters is 4. The van der Waals surface area contributed by atoms with E-state index in [0.29, 0.717) is 24.8 Å². The van der Waals surface area contributed by atoms with E-state index in [2.05, 4.69) is 0 Å². The van der Waals surface area contributed by atoms with E-state index in [1.165, 1.54) is 19.2 Å². The lowest BCUT2D eigenvalue weighted by Crippen LogP contribution is -2.51. The molecule has 1 aromatic carbocycles. The second-order valence-corrected chi connectivity index (χ2v) is 8.66. The fourth-order valence-corrected chi connectivity index (χ4v) is 3.44. The Hall–Kier alpha value is -2.94. The zero-order valence-corrected chi connectivity index (χ0v) is 21.5. The van der Waals surface area contributed by atoms with Gasteiger partial charge >= 0.3 is 23.9 Å². The molecule has 196 valence electrons. The lowest BCUT2D eigenvalue weighted by molar-refractivity contribution is -0.153. The molecule has 2 N–H and O–H groups in total. The molecule has 35 heavy (non-hydrogen) atoms. The van der Waals surface area contributed by atoms with Crippen LogP contribution in [-0.4, -0.2) is 43.1 Å². The summed E-state index contributed by atoms with van der Waals surface area (Å²) in [5.41, 5.74) is 5.47. The molecule has 0 radical (unpaired) electrons. The van der Waals surface area contributed by atoms with Gasteiger partial charge in [-0.2, -0.15) is 0 Å². The SMILES string of the molecule is CCCC(=O)Oc1ccc(C[C@](N)(CCOC(=O)C(C)CCC)C(=O)OC)cc1OC(=O)CCC. The number of methoxy groups -OCH3 is 1. The molecule has 0 heterocycles.